The Morgan fingerprint density at radius 1 is 0.757 bits per heavy atom. The molecule has 192 valence electrons. The SMILES string of the molecule is O=C(N[C@@H](Cc1ccccc1)C(=O)N[C@@H](Cc1ccccc1)C(=O)OCc1ccccc1)[C@@H]1CCCN1. The second kappa shape index (κ2) is 13.4. The third-order valence-electron chi connectivity index (χ3n) is 6.40. The predicted octanol–water partition coefficient (Wildman–Crippen LogP) is 2.94. The molecular weight excluding hydrogens is 466 g/mol. The second-order valence-electron chi connectivity index (χ2n) is 9.24. The number of hydrogen-bond donors (Lipinski definition) is 3. The van der Waals surface area contributed by atoms with Crippen LogP contribution in [0.2, 0.25) is 0 Å². The Morgan fingerprint density at radius 3 is 1.84 bits per heavy atom. The van der Waals surface area contributed by atoms with Crippen LogP contribution >= 0.6 is 0 Å². The predicted molar refractivity (Wildman–Crippen MR) is 141 cm³/mol. The van der Waals surface area contributed by atoms with Gasteiger partial charge in [0.25, 0.3) is 0 Å². The lowest BCUT2D eigenvalue weighted by molar-refractivity contribution is -0.149. The third kappa shape index (κ3) is 8.02. The second-order valence-corrected chi connectivity index (χ2v) is 9.24. The summed E-state index contributed by atoms with van der Waals surface area (Å²) in [6.45, 7) is 0.887. The van der Waals surface area contributed by atoms with Crippen molar-refractivity contribution < 1.29 is 19.1 Å². The van der Waals surface area contributed by atoms with Crippen molar-refractivity contribution in [1.29, 1.82) is 0 Å². The van der Waals surface area contributed by atoms with Gasteiger partial charge in [-0.3, -0.25) is 9.59 Å². The third-order valence-corrected chi connectivity index (χ3v) is 6.40. The van der Waals surface area contributed by atoms with Gasteiger partial charge in [0.15, 0.2) is 0 Å². The van der Waals surface area contributed by atoms with Gasteiger partial charge in [-0.1, -0.05) is 91.0 Å². The number of amides is 2. The van der Waals surface area contributed by atoms with Gasteiger partial charge < -0.3 is 20.7 Å². The van der Waals surface area contributed by atoms with Crippen molar-refractivity contribution in [3.63, 3.8) is 0 Å². The van der Waals surface area contributed by atoms with E-state index in [-0.39, 0.29) is 25.0 Å². The van der Waals surface area contributed by atoms with Gasteiger partial charge in [-0.2, -0.15) is 0 Å². The van der Waals surface area contributed by atoms with E-state index < -0.39 is 24.0 Å². The minimum Gasteiger partial charge on any atom is -0.459 e. The van der Waals surface area contributed by atoms with Crippen LogP contribution in [0.5, 0.6) is 0 Å². The van der Waals surface area contributed by atoms with Crippen LogP contribution in [0.25, 0.3) is 0 Å². The van der Waals surface area contributed by atoms with E-state index in [1.165, 1.54) is 0 Å². The van der Waals surface area contributed by atoms with Crippen LogP contribution in [0.3, 0.4) is 0 Å². The van der Waals surface area contributed by atoms with Crippen molar-refractivity contribution in [3.05, 3.63) is 108 Å². The maximum Gasteiger partial charge on any atom is 0.329 e. The quantitative estimate of drug-likeness (QED) is 0.353. The molecule has 4 rings (SSSR count). The number of nitrogens with one attached hydrogen (secondary N) is 3. The first-order valence-electron chi connectivity index (χ1n) is 12.7. The van der Waals surface area contributed by atoms with Crippen LogP contribution in [0.4, 0.5) is 0 Å². The molecule has 1 saturated heterocycles. The molecule has 1 aliphatic heterocycles. The van der Waals surface area contributed by atoms with E-state index in [9.17, 15) is 14.4 Å². The highest BCUT2D eigenvalue weighted by molar-refractivity contribution is 5.92. The normalized spacial score (nSPS) is 16.4. The van der Waals surface area contributed by atoms with E-state index in [4.69, 9.17) is 4.74 Å². The van der Waals surface area contributed by atoms with Crippen LogP contribution < -0.4 is 16.0 Å². The fourth-order valence-corrected chi connectivity index (χ4v) is 4.38. The Morgan fingerprint density at radius 2 is 1.30 bits per heavy atom. The monoisotopic (exact) mass is 499 g/mol. The first-order chi connectivity index (χ1) is 18.1. The van der Waals surface area contributed by atoms with Gasteiger partial charge in [-0.05, 0) is 36.1 Å². The molecule has 3 N–H and O–H groups in total. The number of hydrogen-bond acceptors (Lipinski definition) is 5. The molecule has 2 amide bonds. The topological polar surface area (TPSA) is 96.5 Å². The molecule has 7 nitrogen and oxygen atoms in total. The van der Waals surface area contributed by atoms with Gasteiger partial charge in [-0.15, -0.1) is 0 Å². The molecule has 0 radical (unpaired) electrons. The highest BCUT2D eigenvalue weighted by Crippen LogP contribution is 2.11. The summed E-state index contributed by atoms with van der Waals surface area (Å²) >= 11 is 0. The van der Waals surface area contributed by atoms with Crippen molar-refractivity contribution >= 4 is 17.8 Å². The molecule has 1 heterocycles. The molecule has 0 unspecified atom stereocenters. The maximum absolute atomic E-state index is 13.5. The summed E-state index contributed by atoms with van der Waals surface area (Å²) in [6, 6.07) is 26.3. The van der Waals surface area contributed by atoms with Crippen molar-refractivity contribution in [1.82, 2.24) is 16.0 Å². The molecule has 1 aliphatic rings. The number of benzene rings is 3. The summed E-state index contributed by atoms with van der Waals surface area (Å²) in [6.07, 6.45) is 2.23. The molecule has 0 spiro atoms. The van der Waals surface area contributed by atoms with Crippen molar-refractivity contribution in [2.24, 2.45) is 0 Å². The highest BCUT2D eigenvalue weighted by atomic mass is 16.5. The zero-order valence-electron chi connectivity index (χ0n) is 20.8. The number of ether oxygens (including phenoxy) is 1. The van der Waals surface area contributed by atoms with E-state index in [2.05, 4.69) is 16.0 Å². The molecule has 0 saturated carbocycles. The Kier molecular flexibility index (Phi) is 9.43. The summed E-state index contributed by atoms with van der Waals surface area (Å²) in [5, 5.41) is 8.95. The summed E-state index contributed by atoms with van der Waals surface area (Å²) < 4.78 is 5.57. The number of carbonyl (C=O) groups excluding carboxylic acids is 3. The van der Waals surface area contributed by atoms with Gasteiger partial charge in [0.2, 0.25) is 11.8 Å². The van der Waals surface area contributed by atoms with Gasteiger partial charge in [0.05, 0.1) is 6.04 Å². The zero-order chi connectivity index (χ0) is 25.9. The zero-order valence-corrected chi connectivity index (χ0v) is 20.8. The van der Waals surface area contributed by atoms with Crippen LogP contribution in [-0.4, -0.2) is 42.5 Å². The number of rotatable bonds is 11. The van der Waals surface area contributed by atoms with Gasteiger partial charge in [-0.25, -0.2) is 4.79 Å². The van der Waals surface area contributed by atoms with Crippen LogP contribution in [0.15, 0.2) is 91.0 Å². The Balaban J connectivity index is 1.49. The summed E-state index contributed by atoms with van der Waals surface area (Å²) in [5.74, 6) is -1.16. The molecule has 0 aromatic heterocycles. The Hall–Kier alpha value is -3.97. The fraction of sp³-hybridized carbons (Fsp3) is 0.300. The van der Waals surface area contributed by atoms with Gasteiger partial charge in [0.1, 0.15) is 18.7 Å². The standard InChI is InChI=1S/C30H33N3O4/c34-28(25-17-10-18-31-25)32-26(19-22-11-4-1-5-12-22)29(35)33-27(20-23-13-6-2-7-14-23)30(36)37-21-24-15-8-3-9-16-24/h1-9,11-16,25-27,31H,10,17-21H2,(H,32,34)(H,33,35)/t25-,26-,27-/m0/s1. The Labute approximate surface area is 217 Å². The summed E-state index contributed by atoms with van der Waals surface area (Å²) in [5.41, 5.74) is 2.66. The average molecular weight is 500 g/mol. The molecule has 0 bridgehead atoms. The summed E-state index contributed by atoms with van der Waals surface area (Å²) in [7, 11) is 0. The minimum absolute atomic E-state index is 0.109. The molecule has 3 atom stereocenters. The molecule has 7 heteroatoms. The van der Waals surface area contributed by atoms with E-state index in [0.717, 1.165) is 36.1 Å². The lowest BCUT2D eigenvalue weighted by Crippen LogP contribution is -2.55. The highest BCUT2D eigenvalue weighted by Gasteiger charge is 2.31. The van der Waals surface area contributed by atoms with Crippen LogP contribution in [-0.2, 0) is 38.6 Å². The van der Waals surface area contributed by atoms with Crippen LogP contribution in [0, 0.1) is 0 Å². The first kappa shape index (κ1) is 26.1. The first-order valence-corrected chi connectivity index (χ1v) is 12.7. The number of carbonyl (C=O) groups is 3. The smallest absolute Gasteiger partial charge is 0.329 e. The maximum atomic E-state index is 13.5. The molecular formula is C30H33N3O4. The molecule has 37 heavy (non-hydrogen) atoms. The minimum atomic E-state index is -0.904. The lowest BCUT2D eigenvalue weighted by Gasteiger charge is -2.24. The van der Waals surface area contributed by atoms with E-state index >= 15 is 0 Å². The number of esters is 1. The van der Waals surface area contributed by atoms with Crippen molar-refractivity contribution in [2.75, 3.05) is 6.54 Å². The van der Waals surface area contributed by atoms with Crippen molar-refractivity contribution in [2.45, 2.75) is 50.4 Å². The molecule has 3 aromatic carbocycles. The lowest BCUT2D eigenvalue weighted by atomic mass is 10.0. The van der Waals surface area contributed by atoms with E-state index in [1.54, 1.807) is 0 Å². The molecule has 0 aliphatic carbocycles. The van der Waals surface area contributed by atoms with Gasteiger partial charge in [0, 0.05) is 12.8 Å². The summed E-state index contributed by atoms with van der Waals surface area (Å²) in [4.78, 5) is 39.5. The average Bonchev–Trinajstić information content (AvgIpc) is 3.48. The van der Waals surface area contributed by atoms with Crippen LogP contribution in [0.1, 0.15) is 29.5 Å². The molecule has 3 aromatic rings. The fourth-order valence-electron chi connectivity index (χ4n) is 4.38. The van der Waals surface area contributed by atoms with Gasteiger partial charge >= 0.3 is 5.97 Å². The largest absolute Gasteiger partial charge is 0.459 e. The molecule has 1 fully saturated rings. The van der Waals surface area contributed by atoms with E-state index in [0.29, 0.717) is 6.42 Å². The Bertz CT molecular complexity index is 1150. The van der Waals surface area contributed by atoms with Crippen molar-refractivity contribution in [3.8, 4) is 0 Å². The van der Waals surface area contributed by atoms with E-state index in [1.807, 2.05) is 91.0 Å².